The molecule has 0 spiro atoms. The van der Waals surface area contributed by atoms with Gasteiger partial charge in [0.1, 0.15) is 5.82 Å². The number of nitrogens with one attached hydrogen (secondary N) is 3. The molecule has 0 radical (unpaired) electrons. The molecule has 2 heterocycles. The molecule has 1 aliphatic heterocycles. The Labute approximate surface area is 143 Å². The van der Waals surface area contributed by atoms with Crippen molar-refractivity contribution in [2.45, 2.75) is 24.3 Å². The predicted molar refractivity (Wildman–Crippen MR) is 92.6 cm³/mol. The molecule has 1 atom stereocenters. The van der Waals surface area contributed by atoms with Crippen LogP contribution in [0.4, 0.5) is 19.0 Å². The number of aromatic nitrogens is 1. The van der Waals surface area contributed by atoms with Crippen LogP contribution in [-0.4, -0.2) is 48.6 Å². The van der Waals surface area contributed by atoms with Crippen LogP contribution < -0.4 is 16.0 Å². The second-order valence-electron chi connectivity index (χ2n) is 5.34. The maximum absolute atomic E-state index is 12.9. The molecule has 1 fully saturated rings. The Balaban J connectivity index is 1.74. The van der Waals surface area contributed by atoms with Crippen LogP contribution in [0.25, 0.3) is 0 Å². The van der Waals surface area contributed by atoms with E-state index in [1.54, 1.807) is 7.05 Å². The van der Waals surface area contributed by atoms with Crippen LogP contribution in [0.3, 0.4) is 0 Å². The maximum Gasteiger partial charge on any atom is 0.419 e. The largest absolute Gasteiger partial charge is 0.419 e. The number of hydrogen-bond donors (Lipinski definition) is 3. The molecule has 0 saturated carbocycles. The number of halogens is 3. The molecule has 1 saturated heterocycles. The summed E-state index contributed by atoms with van der Waals surface area (Å²) in [5.74, 6) is 1.70. The van der Waals surface area contributed by atoms with E-state index in [1.165, 1.54) is 30.9 Å². The topological polar surface area (TPSA) is 61.3 Å². The summed E-state index contributed by atoms with van der Waals surface area (Å²) in [6.45, 7) is 1.58. The monoisotopic (exact) mass is 361 g/mol. The first-order valence-electron chi connectivity index (χ1n) is 7.83. The Morgan fingerprint density at radius 1 is 1.38 bits per heavy atom. The lowest BCUT2D eigenvalue weighted by molar-refractivity contribution is -0.137. The third kappa shape index (κ3) is 5.77. The number of nitrogens with zero attached hydrogens (tertiary/aromatic N) is 2. The van der Waals surface area contributed by atoms with E-state index in [2.05, 4.69) is 25.9 Å². The number of pyridine rings is 1. The Morgan fingerprint density at radius 2 is 2.21 bits per heavy atom. The molecule has 0 bridgehead atoms. The number of guanidine groups is 1. The van der Waals surface area contributed by atoms with Crippen molar-refractivity contribution in [3.63, 3.8) is 0 Å². The number of aliphatic imine (C=N–C) groups is 1. The summed E-state index contributed by atoms with van der Waals surface area (Å²) in [4.78, 5) is 7.88. The zero-order valence-corrected chi connectivity index (χ0v) is 14.3. The molecule has 0 amide bonds. The van der Waals surface area contributed by atoms with Gasteiger partial charge in [-0.05, 0) is 30.7 Å². The summed E-state index contributed by atoms with van der Waals surface area (Å²) < 4.78 is 38.6. The fraction of sp³-hybridized carbons (Fsp3) is 0.600. The molecule has 24 heavy (non-hydrogen) atoms. The highest BCUT2D eigenvalue weighted by molar-refractivity contribution is 8.00. The van der Waals surface area contributed by atoms with Crippen LogP contribution in [0.15, 0.2) is 23.3 Å². The standard InChI is InChI=1S/C15H22F3N5S/c1-19-14(23-10-11-4-3-9-24-11)22-8-7-21-13-12(15(16,17)18)5-2-6-20-13/h2,5-6,11H,3-4,7-10H2,1H3,(H,20,21)(H2,19,22,23). The zero-order chi connectivity index (χ0) is 17.4. The van der Waals surface area contributed by atoms with E-state index in [4.69, 9.17) is 0 Å². The molecule has 0 aromatic carbocycles. The zero-order valence-electron chi connectivity index (χ0n) is 13.5. The number of hydrogen-bond acceptors (Lipinski definition) is 4. The summed E-state index contributed by atoms with van der Waals surface area (Å²) in [6, 6.07) is 2.29. The van der Waals surface area contributed by atoms with Gasteiger partial charge >= 0.3 is 6.18 Å². The van der Waals surface area contributed by atoms with Crippen molar-refractivity contribution < 1.29 is 13.2 Å². The lowest BCUT2D eigenvalue weighted by atomic mass is 10.2. The number of thioether (sulfide) groups is 1. The van der Waals surface area contributed by atoms with Crippen molar-refractivity contribution >= 4 is 23.5 Å². The van der Waals surface area contributed by atoms with E-state index >= 15 is 0 Å². The van der Waals surface area contributed by atoms with Gasteiger partial charge in [0, 0.05) is 38.1 Å². The predicted octanol–water partition coefficient (Wildman–Crippen LogP) is 2.57. The van der Waals surface area contributed by atoms with Gasteiger partial charge in [-0.1, -0.05) is 0 Å². The molecule has 9 heteroatoms. The van der Waals surface area contributed by atoms with Crippen LogP contribution in [-0.2, 0) is 6.18 Å². The molecule has 1 aromatic rings. The van der Waals surface area contributed by atoms with Crippen molar-refractivity contribution in [3.05, 3.63) is 23.9 Å². The van der Waals surface area contributed by atoms with Crippen LogP contribution in [0.1, 0.15) is 18.4 Å². The van der Waals surface area contributed by atoms with Crippen molar-refractivity contribution in [1.29, 1.82) is 0 Å². The smallest absolute Gasteiger partial charge is 0.368 e. The van der Waals surface area contributed by atoms with E-state index in [0.29, 0.717) is 24.3 Å². The highest BCUT2D eigenvalue weighted by atomic mass is 32.2. The van der Waals surface area contributed by atoms with E-state index in [9.17, 15) is 13.2 Å². The highest BCUT2D eigenvalue weighted by Gasteiger charge is 2.33. The second kappa shape index (κ2) is 9.00. The van der Waals surface area contributed by atoms with Gasteiger partial charge in [0.15, 0.2) is 5.96 Å². The summed E-state index contributed by atoms with van der Waals surface area (Å²) in [5, 5.41) is 9.64. The second-order valence-corrected chi connectivity index (χ2v) is 6.75. The molecule has 1 aromatic heterocycles. The SMILES string of the molecule is CN=C(NCCNc1ncccc1C(F)(F)F)NCC1CCCS1. The fourth-order valence-corrected chi connectivity index (χ4v) is 3.57. The minimum atomic E-state index is -4.42. The summed E-state index contributed by atoms with van der Waals surface area (Å²) in [7, 11) is 1.67. The van der Waals surface area contributed by atoms with Crippen molar-refractivity contribution in [2.75, 3.05) is 37.8 Å². The van der Waals surface area contributed by atoms with Crippen molar-refractivity contribution in [3.8, 4) is 0 Å². The molecule has 134 valence electrons. The van der Waals surface area contributed by atoms with Gasteiger partial charge in [0.25, 0.3) is 0 Å². The molecule has 1 unspecified atom stereocenters. The molecule has 3 N–H and O–H groups in total. The van der Waals surface area contributed by atoms with Gasteiger partial charge < -0.3 is 16.0 Å². The average Bonchev–Trinajstić information content (AvgIpc) is 3.07. The summed E-state index contributed by atoms with van der Waals surface area (Å²) in [5.41, 5.74) is -0.759. The van der Waals surface area contributed by atoms with Crippen LogP contribution >= 0.6 is 11.8 Å². The molecular weight excluding hydrogens is 339 g/mol. The lowest BCUT2D eigenvalue weighted by Crippen LogP contribution is -2.41. The summed E-state index contributed by atoms with van der Waals surface area (Å²) in [6.07, 6.45) is -0.625. The average molecular weight is 361 g/mol. The quantitative estimate of drug-likeness (QED) is 0.413. The maximum atomic E-state index is 12.9. The van der Waals surface area contributed by atoms with Gasteiger partial charge in [-0.15, -0.1) is 0 Å². The van der Waals surface area contributed by atoms with E-state index in [1.807, 2.05) is 11.8 Å². The van der Waals surface area contributed by atoms with Crippen LogP contribution in [0, 0.1) is 0 Å². The minimum absolute atomic E-state index is 0.155. The molecular formula is C15H22F3N5S. The van der Waals surface area contributed by atoms with Gasteiger partial charge in [-0.25, -0.2) is 4.98 Å². The van der Waals surface area contributed by atoms with Crippen molar-refractivity contribution in [2.24, 2.45) is 4.99 Å². The highest BCUT2D eigenvalue weighted by Crippen LogP contribution is 2.33. The normalized spacial score (nSPS) is 18.5. The Kier molecular flexibility index (Phi) is 7.01. The molecule has 5 nitrogen and oxygen atoms in total. The molecule has 2 rings (SSSR count). The van der Waals surface area contributed by atoms with Gasteiger partial charge in [-0.2, -0.15) is 24.9 Å². The Bertz CT molecular complexity index is 544. The van der Waals surface area contributed by atoms with Crippen LogP contribution in [0.5, 0.6) is 0 Å². The van der Waals surface area contributed by atoms with Gasteiger partial charge in [0.05, 0.1) is 5.56 Å². The third-order valence-corrected chi connectivity index (χ3v) is 4.97. The van der Waals surface area contributed by atoms with Gasteiger partial charge in [-0.3, -0.25) is 4.99 Å². The Hall–Kier alpha value is -1.64. The first kappa shape index (κ1) is 18.7. The lowest BCUT2D eigenvalue weighted by Gasteiger charge is -2.16. The third-order valence-electron chi connectivity index (χ3n) is 3.57. The first-order valence-corrected chi connectivity index (χ1v) is 8.88. The van der Waals surface area contributed by atoms with E-state index in [0.717, 1.165) is 12.6 Å². The molecule has 1 aliphatic rings. The summed E-state index contributed by atoms with van der Waals surface area (Å²) >= 11 is 1.95. The minimum Gasteiger partial charge on any atom is -0.368 e. The first-order chi connectivity index (χ1) is 11.5. The van der Waals surface area contributed by atoms with Crippen LogP contribution in [0.2, 0.25) is 0 Å². The van der Waals surface area contributed by atoms with E-state index in [-0.39, 0.29) is 5.82 Å². The van der Waals surface area contributed by atoms with Crippen molar-refractivity contribution in [1.82, 2.24) is 15.6 Å². The fourth-order valence-electron chi connectivity index (χ4n) is 2.37. The van der Waals surface area contributed by atoms with Gasteiger partial charge in [0.2, 0.25) is 0 Å². The van der Waals surface area contributed by atoms with E-state index < -0.39 is 11.7 Å². The Morgan fingerprint density at radius 3 is 2.88 bits per heavy atom. The number of anilines is 1. The number of alkyl halides is 3. The number of rotatable bonds is 6. The molecule has 0 aliphatic carbocycles.